The standard InChI is InChI=1S/C18H29NO/c1-3-13-18(2,20)14-19-17-11-9-16(10-12-17)15-7-5-4-6-8-15/h4-8,16-17,19-20H,3,9-14H2,1-2H3. The second kappa shape index (κ2) is 7.24. The van der Waals surface area contributed by atoms with Gasteiger partial charge in [-0.15, -0.1) is 0 Å². The van der Waals surface area contributed by atoms with Crippen LogP contribution in [0, 0.1) is 0 Å². The molecule has 1 aromatic rings. The molecule has 1 unspecified atom stereocenters. The average Bonchev–Trinajstić information content (AvgIpc) is 2.47. The first-order valence-electron chi connectivity index (χ1n) is 8.11. The van der Waals surface area contributed by atoms with Gasteiger partial charge in [-0.05, 0) is 50.5 Å². The van der Waals surface area contributed by atoms with Crippen molar-refractivity contribution in [1.82, 2.24) is 5.32 Å². The molecule has 2 rings (SSSR count). The van der Waals surface area contributed by atoms with E-state index in [4.69, 9.17) is 0 Å². The molecule has 0 radical (unpaired) electrons. The van der Waals surface area contributed by atoms with Crippen LogP contribution in [0.3, 0.4) is 0 Å². The lowest BCUT2D eigenvalue weighted by molar-refractivity contribution is 0.0455. The van der Waals surface area contributed by atoms with Crippen LogP contribution < -0.4 is 5.32 Å². The Labute approximate surface area is 123 Å². The minimum atomic E-state index is -0.551. The second-order valence-corrected chi connectivity index (χ2v) is 6.59. The number of benzene rings is 1. The predicted octanol–water partition coefficient (Wildman–Crippen LogP) is 3.85. The maximum Gasteiger partial charge on any atom is 0.0743 e. The molecule has 0 bridgehead atoms. The molecule has 20 heavy (non-hydrogen) atoms. The van der Waals surface area contributed by atoms with E-state index < -0.39 is 5.60 Å². The van der Waals surface area contributed by atoms with Crippen LogP contribution in [-0.4, -0.2) is 23.3 Å². The van der Waals surface area contributed by atoms with Crippen LogP contribution in [-0.2, 0) is 0 Å². The third-order valence-electron chi connectivity index (χ3n) is 4.56. The van der Waals surface area contributed by atoms with Crippen molar-refractivity contribution >= 4 is 0 Å². The third-order valence-corrected chi connectivity index (χ3v) is 4.56. The van der Waals surface area contributed by atoms with Gasteiger partial charge < -0.3 is 10.4 Å². The molecular formula is C18H29NO. The molecule has 1 aromatic carbocycles. The van der Waals surface area contributed by atoms with Crippen LogP contribution in [0.15, 0.2) is 30.3 Å². The molecule has 0 aromatic heterocycles. The minimum Gasteiger partial charge on any atom is -0.389 e. The minimum absolute atomic E-state index is 0.551. The first-order chi connectivity index (χ1) is 9.61. The van der Waals surface area contributed by atoms with E-state index in [1.807, 2.05) is 6.92 Å². The van der Waals surface area contributed by atoms with Crippen molar-refractivity contribution in [1.29, 1.82) is 0 Å². The SMILES string of the molecule is CCCC(C)(O)CNC1CCC(c2ccccc2)CC1. The number of hydrogen-bond acceptors (Lipinski definition) is 2. The highest BCUT2D eigenvalue weighted by atomic mass is 16.3. The maximum absolute atomic E-state index is 10.2. The van der Waals surface area contributed by atoms with Gasteiger partial charge in [0, 0.05) is 12.6 Å². The first-order valence-corrected chi connectivity index (χ1v) is 8.11. The normalized spacial score (nSPS) is 26.1. The van der Waals surface area contributed by atoms with E-state index in [0.29, 0.717) is 6.04 Å². The molecule has 0 saturated heterocycles. The average molecular weight is 275 g/mol. The molecule has 0 amide bonds. The van der Waals surface area contributed by atoms with Gasteiger partial charge in [-0.2, -0.15) is 0 Å². The predicted molar refractivity (Wildman–Crippen MR) is 85.0 cm³/mol. The summed E-state index contributed by atoms with van der Waals surface area (Å²) in [6, 6.07) is 11.5. The van der Waals surface area contributed by atoms with E-state index in [0.717, 1.165) is 25.3 Å². The summed E-state index contributed by atoms with van der Waals surface area (Å²) in [7, 11) is 0. The molecule has 0 heterocycles. The van der Waals surface area contributed by atoms with E-state index in [-0.39, 0.29) is 0 Å². The largest absolute Gasteiger partial charge is 0.389 e. The molecule has 1 saturated carbocycles. The molecule has 2 nitrogen and oxygen atoms in total. The van der Waals surface area contributed by atoms with E-state index in [1.165, 1.54) is 31.2 Å². The van der Waals surface area contributed by atoms with Crippen molar-refractivity contribution in [2.45, 2.75) is 69.9 Å². The Morgan fingerprint density at radius 2 is 1.80 bits per heavy atom. The smallest absolute Gasteiger partial charge is 0.0743 e. The summed E-state index contributed by atoms with van der Waals surface area (Å²) in [5.74, 6) is 0.727. The van der Waals surface area contributed by atoms with Crippen molar-refractivity contribution in [2.24, 2.45) is 0 Å². The molecule has 2 N–H and O–H groups in total. The van der Waals surface area contributed by atoms with E-state index >= 15 is 0 Å². The van der Waals surface area contributed by atoms with E-state index in [1.54, 1.807) is 0 Å². The van der Waals surface area contributed by atoms with Crippen LogP contribution in [0.25, 0.3) is 0 Å². The van der Waals surface area contributed by atoms with Gasteiger partial charge in [0.05, 0.1) is 5.60 Å². The number of rotatable bonds is 6. The van der Waals surface area contributed by atoms with Crippen molar-refractivity contribution in [3.63, 3.8) is 0 Å². The third kappa shape index (κ3) is 4.60. The zero-order valence-corrected chi connectivity index (χ0v) is 12.9. The lowest BCUT2D eigenvalue weighted by Crippen LogP contribution is -2.43. The quantitative estimate of drug-likeness (QED) is 0.826. The van der Waals surface area contributed by atoms with Gasteiger partial charge >= 0.3 is 0 Å². The van der Waals surface area contributed by atoms with Crippen molar-refractivity contribution in [3.8, 4) is 0 Å². The molecule has 1 fully saturated rings. The molecule has 0 aliphatic heterocycles. The van der Waals surface area contributed by atoms with Gasteiger partial charge in [0.25, 0.3) is 0 Å². The van der Waals surface area contributed by atoms with Crippen LogP contribution in [0.2, 0.25) is 0 Å². The van der Waals surface area contributed by atoms with Crippen LogP contribution in [0.1, 0.15) is 63.9 Å². The molecule has 1 atom stereocenters. The van der Waals surface area contributed by atoms with Crippen LogP contribution in [0.5, 0.6) is 0 Å². The highest BCUT2D eigenvalue weighted by Gasteiger charge is 2.25. The van der Waals surface area contributed by atoms with Gasteiger partial charge in [-0.25, -0.2) is 0 Å². The summed E-state index contributed by atoms with van der Waals surface area (Å²) in [5, 5.41) is 13.8. The Morgan fingerprint density at radius 1 is 1.15 bits per heavy atom. The first kappa shape index (κ1) is 15.5. The fraction of sp³-hybridized carbons (Fsp3) is 0.667. The molecule has 1 aliphatic rings. The fourth-order valence-electron chi connectivity index (χ4n) is 3.35. The van der Waals surface area contributed by atoms with E-state index in [9.17, 15) is 5.11 Å². The van der Waals surface area contributed by atoms with Gasteiger partial charge in [0.15, 0.2) is 0 Å². The zero-order chi connectivity index (χ0) is 14.4. The van der Waals surface area contributed by atoms with Gasteiger partial charge in [0.1, 0.15) is 0 Å². The molecule has 0 spiro atoms. The zero-order valence-electron chi connectivity index (χ0n) is 12.9. The fourth-order valence-corrected chi connectivity index (χ4v) is 3.35. The van der Waals surface area contributed by atoms with Crippen molar-refractivity contribution in [2.75, 3.05) is 6.54 Å². The Balaban J connectivity index is 1.75. The van der Waals surface area contributed by atoms with Crippen molar-refractivity contribution < 1.29 is 5.11 Å². The maximum atomic E-state index is 10.2. The van der Waals surface area contributed by atoms with Crippen molar-refractivity contribution in [3.05, 3.63) is 35.9 Å². The highest BCUT2D eigenvalue weighted by molar-refractivity contribution is 5.20. The lowest BCUT2D eigenvalue weighted by atomic mass is 9.81. The summed E-state index contributed by atoms with van der Waals surface area (Å²) in [6.07, 6.45) is 6.88. The summed E-state index contributed by atoms with van der Waals surface area (Å²) < 4.78 is 0. The topological polar surface area (TPSA) is 32.3 Å². The Morgan fingerprint density at radius 3 is 2.40 bits per heavy atom. The van der Waals surface area contributed by atoms with Crippen LogP contribution in [0.4, 0.5) is 0 Å². The van der Waals surface area contributed by atoms with E-state index in [2.05, 4.69) is 42.6 Å². The van der Waals surface area contributed by atoms with Gasteiger partial charge in [0.2, 0.25) is 0 Å². The second-order valence-electron chi connectivity index (χ2n) is 6.59. The monoisotopic (exact) mass is 275 g/mol. The number of aliphatic hydroxyl groups is 1. The Hall–Kier alpha value is -0.860. The Kier molecular flexibility index (Phi) is 5.62. The lowest BCUT2D eigenvalue weighted by Gasteiger charge is -2.32. The molecule has 2 heteroatoms. The number of hydrogen-bond donors (Lipinski definition) is 2. The highest BCUT2D eigenvalue weighted by Crippen LogP contribution is 2.32. The van der Waals surface area contributed by atoms with Gasteiger partial charge in [-0.3, -0.25) is 0 Å². The molecule has 112 valence electrons. The summed E-state index contributed by atoms with van der Waals surface area (Å²) in [4.78, 5) is 0. The number of nitrogens with one attached hydrogen (secondary N) is 1. The summed E-state index contributed by atoms with van der Waals surface area (Å²) in [5.41, 5.74) is 0.939. The van der Waals surface area contributed by atoms with Crippen LogP contribution >= 0.6 is 0 Å². The Bertz CT molecular complexity index is 380. The molecule has 1 aliphatic carbocycles. The summed E-state index contributed by atoms with van der Waals surface area (Å²) in [6.45, 7) is 4.79. The molecular weight excluding hydrogens is 246 g/mol. The van der Waals surface area contributed by atoms with Gasteiger partial charge in [-0.1, -0.05) is 43.7 Å². The summed E-state index contributed by atoms with van der Waals surface area (Å²) >= 11 is 0.